The lowest BCUT2D eigenvalue weighted by molar-refractivity contribution is 0.934. The van der Waals surface area contributed by atoms with Crippen molar-refractivity contribution in [2.75, 3.05) is 0 Å². The van der Waals surface area contributed by atoms with Gasteiger partial charge in [-0.1, -0.05) is 41.4 Å². The minimum atomic E-state index is 0.540. The first-order valence-electron chi connectivity index (χ1n) is 5.54. The summed E-state index contributed by atoms with van der Waals surface area (Å²) in [4.78, 5) is 4.48. The molecule has 19 heavy (non-hydrogen) atoms. The van der Waals surface area contributed by atoms with Crippen molar-refractivity contribution in [3.63, 3.8) is 0 Å². The van der Waals surface area contributed by atoms with Crippen LogP contribution in [0.5, 0.6) is 0 Å². The van der Waals surface area contributed by atoms with Gasteiger partial charge < -0.3 is 0 Å². The second kappa shape index (κ2) is 4.92. The summed E-state index contributed by atoms with van der Waals surface area (Å²) in [6, 6.07) is 9.39. The van der Waals surface area contributed by atoms with Crippen LogP contribution in [-0.4, -0.2) is 14.6 Å². The minimum absolute atomic E-state index is 0.540. The highest BCUT2D eigenvalue weighted by Gasteiger charge is 2.17. The molecule has 0 saturated heterocycles. The number of nitrogens with zero attached hydrogens (tertiary/aromatic N) is 3. The van der Waals surface area contributed by atoms with Gasteiger partial charge in [-0.2, -0.15) is 5.10 Å². The number of fused-ring (bicyclic) bond motifs is 1. The molecule has 3 rings (SSSR count). The molecule has 2 aromatic heterocycles. The summed E-state index contributed by atoms with van der Waals surface area (Å²) in [7, 11) is 0. The highest BCUT2D eigenvalue weighted by molar-refractivity contribution is 14.1. The molecule has 2 heterocycles. The van der Waals surface area contributed by atoms with Crippen molar-refractivity contribution in [1.29, 1.82) is 0 Å². The molecule has 0 fully saturated rings. The van der Waals surface area contributed by atoms with Gasteiger partial charge in [0.25, 0.3) is 0 Å². The lowest BCUT2D eigenvalue weighted by Gasteiger charge is -1.99. The van der Waals surface area contributed by atoms with E-state index in [1.165, 1.54) is 0 Å². The van der Waals surface area contributed by atoms with E-state index in [4.69, 9.17) is 23.2 Å². The molecule has 1 aromatic carbocycles. The number of rotatable bonds is 1. The zero-order valence-corrected chi connectivity index (χ0v) is 13.5. The Labute approximate surface area is 133 Å². The number of aromatic nitrogens is 3. The van der Waals surface area contributed by atoms with Gasteiger partial charge in [-0.05, 0) is 41.6 Å². The first-order chi connectivity index (χ1) is 9.08. The fourth-order valence-electron chi connectivity index (χ4n) is 1.89. The van der Waals surface area contributed by atoms with Crippen LogP contribution in [0.25, 0.3) is 16.9 Å². The normalized spacial score (nSPS) is 11.2. The summed E-state index contributed by atoms with van der Waals surface area (Å²) in [6.07, 6.45) is 0. The van der Waals surface area contributed by atoms with E-state index in [-0.39, 0.29) is 0 Å². The van der Waals surface area contributed by atoms with Crippen LogP contribution in [0.4, 0.5) is 0 Å². The fraction of sp³-hybridized carbons (Fsp3) is 0.0769. The average Bonchev–Trinajstić information content (AvgIpc) is 2.68. The molecule has 0 unspecified atom stereocenters. The van der Waals surface area contributed by atoms with Gasteiger partial charge in [-0.15, -0.1) is 0 Å². The highest BCUT2D eigenvalue weighted by atomic mass is 127. The van der Waals surface area contributed by atoms with Crippen molar-refractivity contribution >= 4 is 51.4 Å². The predicted molar refractivity (Wildman–Crippen MR) is 85.9 cm³/mol. The Balaban J connectivity index is 2.35. The summed E-state index contributed by atoms with van der Waals surface area (Å²) in [6.45, 7) is 1.91. The van der Waals surface area contributed by atoms with Gasteiger partial charge in [0, 0.05) is 11.3 Å². The minimum Gasteiger partial charge on any atom is -0.233 e. The van der Waals surface area contributed by atoms with Crippen LogP contribution in [0.2, 0.25) is 10.2 Å². The van der Waals surface area contributed by atoms with Gasteiger partial charge >= 0.3 is 0 Å². The topological polar surface area (TPSA) is 30.2 Å². The lowest BCUT2D eigenvalue weighted by Crippen LogP contribution is -1.94. The Morgan fingerprint density at radius 1 is 1.21 bits per heavy atom. The summed E-state index contributed by atoms with van der Waals surface area (Å²) < 4.78 is 2.57. The molecule has 0 atom stereocenters. The Kier molecular flexibility index (Phi) is 3.41. The van der Waals surface area contributed by atoms with Crippen LogP contribution in [0, 0.1) is 10.5 Å². The maximum Gasteiger partial charge on any atom is 0.171 e. The maximum absolute atomic E-state index is 6.22. The maximum atomic E-state index is 6.22. The second-order valence-corrected chi connectivity index (χ2v) is 5.97. The van der Waals surface area contributed by atoms with Gasteiger partial charge in [0.05, 0.1) is 8.59 Å². The molecular weight excluding hydrogens is 396 g/mol. The average molecular weight is 404 g/mol. The molecule has 0 saturated carbocycles. The fourth-order valence-corrected chi connectivity index (χ4v) is 3.14. The molecule has 0 aliphatic carbocycles. The monoisotopic (exact) mass is 403 g/mol. The molecular formula is C13H8Cl2IN3. The first-order valence-corrected chi connectivity index (χ1v) is 7.37. The van der Waals surface area contributed by atoms with Crippen molar-refractivity contribution in [1.82, 2.24) is 14.6 Å². The largest absolute Gasteiger partial charge is 0.233 e. The predicted octanol–water partition coefficient (Wildman–Crippen LogP) is 4.62. The van der Waals surface area contributed by atoms with Crippen LogP contribution < -0.4 is 0 Å². The van der Waals surface area contributed by atoms with Gasteiger partial charge in [-0.25, -0.2) is 9.50 Å². The number of aryl methyl sites for hydroxylation is 1. The van der Waals surface area contributed by atoms with Gasteiger partial charge in [0.1, 0.15) is 10.8 Å². The highest BCUT2D eigenvalue weighted by Crippen LogP contribution is 2.32. The Bertz CT molecular complexity index is 783. The zero-order chi connectivity index (χ0) is 13.6. The van der Waals surface area contributed by atoms with Gasteiger partial charge in [-0.3, -0.25) is 0 Å². The standard InChI is InChI=1S/C13H8Cl2IN3/c1-7-6-10(15)19-13(17-7)11(16)12(18-19)8-4-2-3-5-9(8)14/h2-6H,1H3. The summed E-state index contributed by atoms with van der Waals surface area (Å²) in [5.41, 5.74) is 3.29. The SMILES string of the molecule is Cc1cc(Cl)n2nc(-c3ccccc3Cl)c(I)c2n1. The Morgan fingerprint density at radius 2 is 1.95 bits per heavy atom. The molecule has 3 nitrogen and oxygen atoms in total. The first kappa shape index (κ1) is 13.1. The van der Waals surface area contributed by atoms with E-state index in [0.717, 1.165) is 26.2 Å². The van der Waals surface area contributed by atoms with E-state index < -0.39 is 0 Å². The Morgan fingerprint density at radius 3 is 2.68 bits per heavy atom. The molecule has 0 bridgehead atoms. The summed E-state index contributed by atoms with van der Waals surface area (Å²) in [5.74, 6) is 0. The van der Waals surface area contributed by atoms with Crippen molar-refractivity contribution in [3.8, 4) is 11.3 Å². The smallest absolute Gasteiger partial charge is 0.171 e. The number of benzene rings is 1. The van der Waals surface area contributed by atoms with E-state index in [9.17, 15) is 0 Å². The quantitative estimate of drug-likeness (QED) is 0.438. The third kappa shape index (κ3) is 2.22. The Hall–Kier alpha value is -0.850. The van der Waals surface area contributed by atoms with E-state index >= 15 is 0 Å². The van der Waals surface area contributed by atoms with Crippen LogP contribution in [-0.2, 0) is 0 Å². The van der Waals surface area contributed by atoms with Gasteiger partial charge in [0.15, 0.2) is 5.65 Å². The number of halogens is 3. The van der Waals surface area contributed by atoms with Crippen molar-refractivity contribution < 1.29 is 0 Å². The van der Waals surface area contributed by atoms with E-state index in [1.807, 2.05) is 31.2 Å². The summed E-state index contributed by atoms with van der Waals surface area (Å²) >= 11 is 14.6. The molecule has 0 aliphatic rings. The lowest BCUT2D eigenvalue weighted by atomic mass is 10.1. The zero-order valence-electron chi connectivity index (χ0n) is 9.86. The molecule has 0 aliphatic heterocycles. The van der Waals surface area contributed by atoms with Crippen molar-refractivity contribution in [2.45, 2.75) is 6.92 Å². The molecule has 0 radical (unpaired) electrons. The molecule has 0 spiro atoms. The number of hydrogen-bond donors (Lipinski definition) is 0. The molecule has 0 amide bonds. The van der Waals surface area contributed by atoms with E-state index in [2.05, 4.69) is 32.7 Å². The van der Waals surface area contributed by atoms with Gasteiger partial charge in [0.2, 0.25) is 0 Å². The number of hydrogen-bond acceptors (Lipinski definition) is 2. The van der Waals surface area contributed by atoms with Crippen molar-refractivity contribution in [3.05, 3.63) is 49.8 Å². The molecule has 0 N–H and O–H groups in total. The van der Waals surface area contributed by atoms with E-state index in [0.29, 0.717) is 10.2 Å². The second-order valence-electron chi connectivity index (χ2n) is 4.10. The third-order valence-corrected chi connectivity index (χ3v) is 4.34. The van der Waals surface area contributed by atoms with Crippen molar-refractivity contribution in [2.24, 2.45) is 0 Å². The van der Waals surface area contributed by atoms with Crippen LogP contribution >= 0.6 is 45.8 Å². The molecule has 3 aromatic rings. The molecule has 6 heteroatoms. The van der Waals surface area contributed by atoms with Crippen LogP contribution in [0.15, 0.2) is 30.3 Å². The van der Waals surface area contributed by atoms with Crippen LogP contribution in [0.3, 0.4) is 0 Å². The summed E-state index contributed by atoms with van der Waals surface area (Å²) in [5, 5.41) is 5.72. The van der Waals surface area contributed by atoms with Crippen LogP contribution in [0.1, 0.15) is 5.69 Å². The molecule has 96 valence electrons. The third-order valence-electron chi connectivity index (χ3n) is 2.75. The van der Waals surface area contributed by atoms with E-state index in [1.54, 1.807) is 10.6 Å².